The summed E-state index contributed by atoms with van der Waals surface area (Å²) in [4.78, 5) is 8.78. The Morgan fingerprint density at radius 3 is 1.40 bits per heavy atom. The molecule has 106 valence electrons. The minimum atomic E-state index is -5.19. The average molecular weight is 394 g/mol. The van der Waals surface area contributed by atoms with Crippen molar-refractivity contribution in [1.29, 1.82) is 0 Å². The molecule has 2 rings (SSSR count). The number of carbonyl (C=O) groups excluding carboxylic acids is 1. The maximum absolute atomic E-state index is 10.5. The topological polar surface area (TPSA) is 40.1 Å². The Balaban J connectivity index is 0.000000246. The van der Waals surface area contributed by atoms with Crippen molar-refractivity contribution < 1.29 is 44.3 Å². The highest BCUT2D eigenvalue weighted by atomic mass is 127. The lowest BCUT2D eigenvalue weighted by Crippen LogP contribution is -3.61. The number of carboxylic acid groups (broad SMARTS) is 1. The quantitative estimate of drug-likeness (QED) is 0.621. The Labute approximate surface area is 124 Å². The standard InChI is InChI=1S/C12H10I.C2HF3O2/c1-3-7-11(8-4-1)13-12-9-5-2-6-10-12;3-2(4,5)1(6)7/h1-10H;(H,6,7)/q+1;/p-1. The third kappa shape index (κ3) is 6.55. The minimum absolute atomic E-state index is 0.0287. The summed E-state index contributed by atoms with van der Waals surface area (Å²) in [6.07, 6.45) is -5.19. The molecule has 0 saturated carbocycles. The fourth-order valence-corrected chi connectivity index (χ4v) is 3.35. The molecule has 0 aliphatic carbocycles. The second kappa shape index (κ2) is 7.88. The first-order chi connectivity index (χ1) is 9.39. The fourth-order valence-electron chi connectivity index (χ4n) is 1.08. The summed E-state index contributed by atoms with van der Waals surface area (Å²) in [5.74, 6) is -3.01. The van der Waals surface area contributed by atoms with E-state index in [2.05, 4.69) is 60.7 Å². The van der Waals surface area contributed by atoms with Crippen LogP contribution in [0, 0.1) is 7.14 Å². The first kappa shape index (κ1) is 16.5. The zero-order chi connectivity index (χ0) is 15.0. The van der Waals surface area contributed by atoms with Gasteiger partial charge in [-0.2, -0.15) is 13.2 Å². The van der Waals surface area contributed by atoms with Crippen LogP contribution in [0.4, 0.5) is 13.2 Å². The summed E-state index contributed by atoms with van der Waals surface area (Å²) >= 11 is 0.0287. The normalized spacial score (nSPS) is 10.3. The lowest BCUT2D eigenvalue weighted by atomic mass is 10.4. The van der Waals surface area contributed by atoms with E-state index < -0.39 is 12.1 Å². The Hall–Kier alpha value is -1.57. The Morgan fingerprint density at radius 2 is 1.15 bits per heavy atom. The van der Waals surface area contributed by atoms with Gasteiger partial charge in [-0.25, -0.2) is 0 Å². The zero-order valence-corrected chi connectivity index (χ0v) is 12.3. The molecule has 0 aliphatic heterocycles. The molecule has 6 heteroatoms. The van der Waals surface area contributed by atoms with Crippen LogP contribution < -0.4 is 26.3 Å². The molecule has 0 saturated heterocycles. The predicted molar refractivity (Wildman–Crippen MR) is 61.3 cm³/mol. The molecule has 0 spiro atoms. The largest absolute Gasteiger partial charge is 0.542 e. The molecule has 2 aromatic carbocycles. The first-order valence-corrected chi connectivity index (χ1v) is 7.58. The zero-order valence-electron chi connectivity index (χ0n) is 10.1. The van der Waals surface area contributed by atoms with E-state index in [0.717, 1.165) is 0 Å². The van der Waals surface area contributed by atoms with Gasteiger partial charge in [0.2, 0.25) is 0 Å². The fraction of sp³-hybridized carbons (Fsp3) is 0.0714. The van der Waals surface area contributed by atoms with E-state index in [1.165, 1.54) is 7.14 Å². The molecule has 0 atom stereocenters. The van der Waals surface area contributed by atoms with Gasteiger partial charge in [-0.05, 0) is 24.3 Å². The summed E-state index contributed by atoms with van der Waals surface area (Å²) in [5.41, 5.74) is 0. The third-order valence-electron chi connectivity index (χ3n) is 1.92. The Kier molecular flexibility index (Phi) is 6.50. The van der Waals surface area contributed by atoms with Gasteiger partial charge < -0.3 is 9.90 Å². The van der Waals surface area contributed by atoms with E-state index in [-0.39, 0.29) is 21.2 Å². The summed E-state index contributed by atoms with van der Waals surface area (Å²) in [5, 5.41) is 8.78. The van der Waals surface area contributed by atoms with Crippen LogP contribution in [0.15, 0.2) is 60.7 Å². The number of carbonyl (C=O) groups is 1. The highest BCUT2D eigenvalue weighted by Gasteiger charge is 2.28. The van der Waals surface area contributed by atoms with E-state index >= 15 is 0 Å². The van der Waals surface area contributed by atoms with Crippen molar-refractivity contribution in [3.63, 3.8) is 0 Å². The van der Waals surface area contributed by atoms with Crippen LogP contribution >= 0.6 is 0 Å². The number of rotatable bonds is 2. The molecule has 0 N–H and O–H groups in total. The number of aliphatic carboxylic acids is 1. The average Bonchev–Trinajstić information content (AvgIpc) is 2.40. The van der Waals surface area contributed by atoms with Gasteiger partial charge in [0, 0.05) is 0 Å². The molecule has 2 nitrogen and oxygen atoms in total. The molecule has 0 amide bonds. The van der Waals surface area contributed by atoms with E-state index in [0.29, 0.717) is 0 Å². The molecular weight excluding hydrogens is 384 g/mol. The van der Waals surface area contributed by atoms with E-state index in [1.54, 1.807) is 0 Å². The second-order valence-electron chi connectivity index (χ2n) is 3.47. The van der Waals surface area contributed by atoms with Gasteiger partial charge in [-0.15, -0.1) is 0 Å². The maximum Gasteiger partial charge on any atom is 0.430 e. The van der Waals surface area contributed by atoms with Gasteiger partial charge in [0.1, 0.15) is 5.97 Å². The van der Waals surface area contributed by atoms with Gasteiger partial charge in [0.05, 0.1) is 0 Å². The number of halogens is 4. The molecular formula is C14H10F3IO2. The summed E-state index contributed by atoms with van der Waals surface area (Å²) in [6, 6.07) is 21.4. The molecule has 20 heavy (non-hydrogen) atoms. The third-order valence-corrected chi connectivity index (χ3v) is 4.60. The van der Waals surface area contributed by atoms with Crippen LogP contribution in [-0.2, 0) is 4.79 Å². The van der Waals surface area contributed by atoms with Crippen molar-refractivity contribution >= 4 is 5.97 Å². The van der Waals surface area contributed by atoms with Crippen molar-refractivity contribution in [3.05, 3.63) is 67.8 Å². The molecule has 2 aromatic rings. The monoisotopic (exact) mass is 394 g/mol. The van der Waals surface area contributed by atoms with Gasteiger partial charge >= 0.3 is 27.4 Å². The number of benzene rings is 2. The highest BCUT2D eigenvalue weighted by molar-refractivity contribution is 5.70. The van der Waals surface area contributed by atoms with Crippen LogP contribution in [-0.4, -0.2) is 12.1 Å². The van der Waals surface area contributed by atoms with Crippen LogP contribution in [0.1, 0.15) is 0 Å². The number of alkyl halides is 3. The Morgan fingerprint density at radius 1 is 0.850 bits per heavy atom. The molecule has 0 aromatic heterocycles. The summed E-state index contributed by atoms with van der Waals surface area (Å²) in [7, 11) is 0. The van der Waals surface area contributed by atoms with E-state index in [1.807, 2.05) is 0 Å². The van der Waals surface area contributed by atoms with Crippen molar-refractivity contribution in [3.8, 4) is 0 Å². The Bertz CT molecular complexity index is 490. The van der Waals surface area contributed by atoms with Gasteiger partial charge in [0.15, 0.2) is 7.14 Å². The maximum atomic E-state index is 10.5. The molecule has 0 aliphatic rings. The highest BCUT2D eigenvalue weighted by Crippen LogP contribution is 2.11. The molecule has 0 heterocycles. The number of hydrogen-bond acceptors (Lipinski definition) is 2. The molecule has 0 radical (unpaired) electrons. The van der Waals surface area contributed by atoms with Gasteiger partial charge in [0.25, 0.3) is 0 Å². The van der Waals surface area contributed by atoms with Crippen LogP contribution in [0.25, 0.3) is 0 Å². The lowest BCUT2D eigenvalue weighted by Gasteiger charge is -2.03. The SMILES string of the molecule is O=C([O-])C(F)(F)F.c1ccc([I+]c2ccccc2)cc1. The smallest absolute Gasteiger partial charge is 0.430 e. The number of hydrogen-bond donors (Lipinski definition) is 0. The van der Waals surface area contributed by atoms with Crippen LogP contribution in [0.2, 0.25) is 0 Å². The van der Waals surface area contributed by atoms with Gasteiger partial charge in [-0.1, -0.05) is 36.4 Å². The van der Waals surface area contributed by atoms with Crippen LogP contribution in [0.5, 0.6) is 0 Å². The minimum Gasteiger partial charge on any atom is -0.542 e. The lowest BCUT2D eigenvalue weighted by molar-refractivity contribution is -0.597. The summed E-state index contributed by atoms with van der Waals surface area (Å²) in [6.45, 7) is 0. The summed E-state index contributed by atoms with van der Waals surface area (Å²) < 4.78 is 34.5. The number of carboxylic acids is 1. The van der Waals surface area contributed by atoms with Crippen molar-refractivity contribution in [1.82, 2.24) is 0 Å². The molecule has 0 unspecified atom stereocenters. The first-order valence-electron chi connectivity index (χ1n) is 5.42. The van der Waals surface area contributed by atoms with Crippen molar-refractivity contribution in [2.45, 2.75) is 6.18 Å². The van der Waals surface area contributed by atoms with E-state index in [9.17, 15) is 13.2 Å². The molecule has 0 fully saturated rings. The van der Waals surface area contributed by atoms with Crippen LogP contribution in [0.3, 0.4) is 0 Å². The van der Waals surface area contributed by atoms with E-state index in [4.69, 9.17) is 9.90 Å². The van der Waals surface area contributed by atoms with Crippen molar-refractivity contribution in [2.75, 3.05) is 0 Å². The second-order valence-corrected chi connectivity index (χ2v) is 6.50. The van der Waals surface area contributed by atoms with Crippen molar-refractivity contribution in [2.24, 2.45) is 0 Å². The predicted octanol–water partition coefficient (Wildman–Crippen LogP) is -0.886. The molecule has 0 bridgehead atoms. The van der Waals surface area contributed by atoms with Gasteiger partial charge in [-0.3, -0.25) is 0 Å².